The van der Waals surface area contributed by atoms with Gasteiger partial charge in [-0.15, -0.1) is 0 Å². The summed E-state index contributed by atoms with van der Waals surface area (Å²) in [5, 5.41) is 10.8. The fourth-order valence-corrected chi connectivity index (χ4v) is 3.02. The van der Waals surface area contributed by atoms with E-state index in [0.717, 1.165) is 29.9 Å². The highest BCUT2D eigenvalue weighted by Gasteiger charge is 2.27. The number of likely N-dealkylation sites (tertiary alicyclic amines) is 1. The average molecular weight is 362 g/mol. The maximum absolute atomic E-state index is 12.1. The van der Waals surface area contributed by atoms with Gasteiger partial charge in [0.25, 0.3) is 0 Å². The van der Waals surface area contributed by atoms with Crippen LogP contribution in [0.4, 0.5) is 4.79 Å². The van der Waals surface area contributed by atoms with Crippen LogP contribution in [0.1, 0.15) is 45.6 Å². The lowest BCUT2D eigenvalue weighted by Gasteiger charge is -2.33. The minimum Gasteiger partial charge on any atom is -0.444 e. The summed E-state index contributed by atoms with van der Waals surface area (Å²) >= 11 is 0. The van der Waals surface area contributed by atoms with Crippen molar-refractivity contribution < 1.29 is 19.5 Å². The molecule has 6 nitrogen and oxygen atoms in total. The number of hydrogen-bond donors (Lipinski definition) is 1. The van der Waals surface area contributed by atoms with Crippen molar-refractivity contribution >= 4 is 12.0 Å². The first-order valence-corrected chi connectivity index (χ1v) is 9.25. The third kappa shape index (κ3) is 6.67. The smallest absolute Gasteiger partial charge is 0.410 e. The molecule has 1 aromatic carbocycles. The predicted molar refractivity (Wildman–Crippen MR) is 98.8 cm³/mol. The average Bonchev–Trinajstić information content (AvgIpc) is 2.59. The van der Waals surface area contributed by atoms with E-state index in [1.807, 2.05) is 51.1 Å². The zero-order valence-corrected chi connectivity index (χ0v) is 16.0. The number of piperidine rings is 1. The maximum atomic E-state index is 12.1. The second-order valence-corrected chi connectivity index (χ2v) is 7.88. The first-order chi connectivity index (χ1) is 12.2. The van der Waals surface area contributed by atoms with E-state index in [1.54, 1.807) is 4.90 Å². The van der Waals surface area contributed by atoms with Crippen molar-refractivity contribution in [3.8, 4) is 0 Å². The minimum absolute atomic E-state index is 0.203. The van der Waals surface area contributed by atoms with Gasteiger partial charge in [0.05, 0.1) is 6.42 Å². The van der Waals surface area contributed by atoms with E-state index in [1.165, 1.54) is 0 Å². The van der Waals surface area contributed by atoms with Crippen LogP contribution in [0, 0.1) is 5.92 Å². The van der Waals surface area contributed by atoms with Crippen molar-refractivity contribution in [1.82, 2.24) is 9.96 Å². The molecule has 0 bridgehead atoms. The Bertz CT molecular complexity index is 590. The number of benzene rings is 1. The molecule has 1 aliphatic rings. The van der Waals surface area contributed by atoms with E-state index in [2.05, 4.69) is 0 Å². The van der Waals surface area contributed by atoms with Gasteiger partial charge in [-0.1, -0.05) is 30.3 Å². The molecular weight excluding hydrogens is 332 g/mol. The zero-order valence-electron chi connectivity index (χ0n) is 16.0. The van der Waals surface area contributed by atoms with Crippen LogP contribution in [-0.4, -0.2) is 52.4 Å². The third-order valence-electron chi connectivity index (χ3n) is 4.50. The van der Waals surface area contributed by atoms with Crippen LogP contribution in [0.15, 0.2) is 30.3 Å². The zero-order chi connectivity index (χ0) is 19.2. The van der Waals surface area contributed by atoms with Crippen LogP contribution in [0.25, 0.3) is 0 Å². The van der Waals surface area contributed by atoms with Crippen molar-refractivity contribution in [3.05, 3.63) is 35.9 Å². The number of hydroxylamine groups is 2. The molecule has 26 heavy (non-hydrogen) atoms. The molecule has 6 heteroatoms. The normalized spacial score (nSPS) is 15.6. The highest BCUT2D eigenvalue weighted by atomic mass is 16.6. The number of ether oxygens (including phenoxy) is 1. The predicted octanol–water partition coefficient (Wildman–Crippen LogP) is 3.48. The Morgan fingerprint density at radius 2 is 1.81 bits per heavy atom. The summed E-state index contributed by atoms with van der Waals surface area (Å²) in [5.74, 6) is 0.107. The Morgan fingerprint density at radius 1 is 1.19 bits per heavy atom. The standard InChI is InChI=1S/C20H30N2O4/c1-20(2,3)26-19(24)21-12-9-16(10-13-21)11-14-22(25)18(23)15-17-7-5-4-6-8-17/h4-8,16,25H,9-15H2,1-3H3. The molecule has 1 fully saturated rings. The second kappa shape index (κ2) is 9.03. The Balaban J connectivity index is 1.69. The molecule has 1 aromatic rings. The van der Waals surface area contributed by atoms with Gasteiger partial charge in [0.15, 0.2) is 0 Å². The van der Waals surface area contributed by atoms with E-state index in [0.29, 0.717) is 25.6 Å². The Kier molecular flexibility index (Phi) is 7.03. The van der Waals surface area contributed by atoms with Gasteiger partial charge in [-0.05, 0) is 51.5 Å². The number of amides is 2. The fraction of sp³-hybridized carbons (Fsp3) is 0.600. The monoisotopic (exact) mass is 362 g/mol. The van der Waals surface area contributed by atoms with Gasteiger partial charge in [0.2, 0.25) is 5.91 Å². The van der Waals surface area contributed by atoms with Crippen LogP contribution in [0.5, 0.6) is 0 Å². The largest absolute Gasteiger partial charge is 0.444 e. The SMILES string of the molecule is CC(C)(C)OC(=O)N1CCC(CCN(O)C(=O)Cc2ccccc2)CC1. The van der Waals surface area contributed by atoms with E-state index < -0.39 is 5.60 Å². The summed E-state index contributed by atoms with van der Waals surface area (Å²) < 4.78 is 5.39. The lowest BCUT2D eigenvalue weighted by Crippen LogP contribution is -2.42. The van der Waals surface area contributed by atoms with Crippen molar-refractivity contribution in [1.29, 1.82) is 0 Å². The first kappa shape index (κ1) is 20.2. The first-order valence-electron chi connectivity index (χ1n) is 9.25. The number of rotatable bonds is 5. The summed E-state index contributed by atoms with van der Waals surface area (Å²) in [5.41, 5.74) is 0.409. The maximum Gasteiger partial charge on any atom is 0.410 e. The van der Waals surface area contributed by atoms with E-state index in [-0.39, 0.29) is 18.4 Å². The quantitative estimate of drug-likeness (QED) is 0.643. The number of carbonyl (C=O) groups is 2. The van der Waals surface area contributed by atoms with Crippen LogP contribution < -0.4 is 0 Å². The molecule has 0 radical (unpaired) electrons. The van der Waals surface area contributed by atoms with Crippen molar-refractivity contribution in [2.45, 2.75) is 52.1 Å². The van der Waals surface area contributed by atoms with Gasteiger partial charge in [0.1, 0.15) is 5.60 Å². The minimum atomic E-state index is -0.482. The van der Waals surface area contributed by atoms with Crippen molar-refractivity contribution in [3.63, 3.8) is 0 Å². The van der Waals surface area contributed by atoms with Gasteiger partial charge >= 0.3 is 6.09 Å². The number of nitrogens with zero attached hydrogens (tertiary/aromatic N) is 2. The van der Waals surface area contributed by atoms with E-state index in [9.17, 15) is 14.8 Å². The molecule has 0 aliphatic carbocycles. The summed E-state index contributed by atoms with van der Waals surface area (Å²) in [6, 6.07) is 9.40. The Morgan fingerprint density at radius 3 is 2.38 bits per heavy atom. The van der Waals surface area contributed by atoms with E-state index >= 15 is 0 Å². The summed E-state index contributed by atoms with van der Waals surface area (Å²) in [7, 11) is 0. The number of carbonyl (C=O) groups excluding carboxylic acids is 2. The summed E-state index contributed by atoms with van der Waals surface area (Å²) in [4.78, 5) is 25.9. The summed E-state index contributed by atoms with van der Waals surface area (Å²) in [6.45, 7) is 7.22. The summed E-state index contributed by atoms with van der Waals surface area (Å²) in [6.07, 6.45) is 2.39. The van der Waals surface area contributed by atoms with Crippen LogP contribution in [0.2, 0.25) is 0 Å². The highest BCUT2D eigenvalue weighted by molar-refractivity contribution is 5.77. The fourth-order valence-electron chi connectivity index (χ4n) is 3.02. The molecular formula is C20H30N2O4. The van der Waals surface area contributed by atoms with Gasteiger partial charge in [-0.2, -0.15) is 0 Å². The molecule has 0 saturated carbocycles. The molecule has 0 aromatic heterocycles. The molecule has 0 unspecified atom stereocenters. The van der Waals surface area contributed by atoms with Gasteiger partial charge in [-0.25, -0.2) is 9.86 Å². The third-order valence-corrected chi connectivity index (χ3v) is 4.50. The molecule has 1 aliphatic heterocycles. The van der Waals surface area contributed by atoms with Crippen LogP contribution in [0.3, 0.4) is 0 Å². The Hall–Kier alpha value is -2.08. The van der Waals surface area contributed by atoms with Gasteiger partial charge in [0, 0.05) is 19.6 Å². The van der Waals surface area contributed by atoms with Crippen LogP contribution >= 0.6 is 0 Å². The Labute approximate surface area is 155 Å². The molecule has 1 N–H and O–H groups in total. The lowest BCUT2D eigenvalue weighted by atomic mass is 9.93. The molecule has 2 rings (SSSR count). The topological polar surface area (TPSA) is 70.1 Å². The molecule has 2 amide bonds. The second-order valence-electron chi connectivity index (χ2n) is 7.88. The van der Waals surface area contributed by atoms with Crippen LogP contribution in [-0.2, 0) is 16.0 Å². The van der Waals surface area contributed by atoms with Crippen molar-refractivity contribution in [2.24, 2.45) is 5.92 Å². The molecule has 1 saturated heterocycles. The van der Waals surface area contributed by atoms with Gasteiger partial charge in [-0.3, -0.25) is 10.0 Å². The molecule has 144 valence electrons. The van der Waals surface area contributed by atoms with Crippen molar-refractivity contribution in [2.75, 3.05) is 19.6 Å². The lowest BCUT2D eigenvalue weighted by molar-refractivity contribution is -0.165. The molecule has 0 atom stereocenters. The molecule has 0 spiro atoms. The van der Waals surface area contributed by atoms with E-state index in [4.69, 9.17) is 4.74 Å². The molecule has 1 heterocycles. The highest BCUT2D eigenvalue weighted by Crippen LogP contribution is 2.22. The van der Waals surface area contributed by atoms with Gasteiger partial charge < -0.3 is 9.64 Å². The number of hydrogen-bond acceptors (Lipinski definition) is 4.